The zero-order chi connectivity index (χ0) is 10.1. The lowest BCUT2D eigenvalue weighted by molar-refractivity contribution is 0.420. The van der Waals surface area contributed by atoms with Gasteiger partial charge in [0.15, 0.2) is 11.6 Å². The molecule has 2 rings (SSSR count). The van der Waals surface area contributed by atoms with Gasteiger partial charge in [0.2, 0.25) is 5.82 Å². The van der Waals surface area contributed by atoms with Gasteiger partial charge in [0.05, 0.1) is 0 Å². The highest BCUT2D eigenvalue weighted by Gasteiger charge is 2.09. The molecule has 0 saturated heterocycles. The van der Waals surface area contributed by atoms with Crippen molar-refractivity contribution in [3.63, 3.8) is 0 Å². The Labute approximate surface area is 82.3 Å². The first kappa shape index (κ1) is 9.08. The van der Waals surface area contributed by atoms with E-state index in [2.05, 4.69) is 14.7 Å². The Morgan fingerprint density at radius 2 is 2.00 bits per heavy atom. The van der Waals surface area contributed by atoms with Crippen molar-refractivity contribution in [2.24, 2.45) is 0 Å². The van der Waals surface area contributed by atoms with Crippen LogP contribution in [0.5, 0.6) is 0 Å². The van der Waals surface area contributed by atoms with Gasteiger partial charge in [-0.05, 0) is 29.8 Å². The number of halogens is 3. The first-order chi connectivity index (χ1) is 6.66. The number of hydrogen-bond acceptors (Lipinski definition) is 3. The fourth-order valence-electron chi connectivity index (χ4n) is 0.957. The lowest BCUT2D eigenvalue weighted by Crippen LogP contribution is -1.86. The molecule has 14 heavy (non-hydrogen) atoms. The summed E-state index contributed by atoms with van der Waals surface area (Å²) in [5.41, 5.74) is 0.305. The van der Waals surface area contributed by atoms with Gasteiger partial charge in [0, 0.05) is 5.56 Å². The number of hydrogen-bond donors (Lipinski definition) is 0. The van der Waals surface area contributed by atoms with Gasteiger partial charge in [-0.2, -0.15) is 4.98 Å². The summed E-state index contributed by atoms with van der Waals surface area (Å²) in [6.45, 7) is 0. The van der Waals surface area contributed by atoms with Gasteiger partial charge in [-0.1, -0.05) is 5.16 Å². The summed E-state index contributed by atoms with van der Waals surface area (Å²) in [6.07, 6.45) is 0. The van der Waals surface area contributed by atoms with Crippen LogP contribution in [0.3, 0.4) is 0 Å². The van der Waals surface area contributed by atoms with E-state index >= 15 is 0 Å². The summed E-state index contributed by atoms with van der Waals surface area (Å²) >= 11 is 5.37. The van der Waals surface area contributed by atoms with Crippen molar-refractivity contribution in [2.75, 3.05) is 0 Å². The molecule has 0 aliphatic carbocycles. The van der Waals surface area contributed by atoms with Gasteiger partial charge >= 0.3 is 5.35 Å². The molecular weight excluding hydrogens is 214 g/mol. The van der Waals surface area contributed by atoms with E-state index in [1.165, 1.54) is 6.07 Å². The summed E-state index contributed by atoms with van der Waals surface area (Å²) < 4.78 is 29.8. The van der Waals surface area contributed by atoms with Crippen molar-refractivity contribution < 1.29 is 13.3 Å². The Hall–Kier alpha value is -1.49. The molecule has 72 valence electrons. The Kier molecular flexibility index (Phi) is 2.17. The van der Waals surface area contributed by atoms with Gasteiger partial charge in [0.25, 0.3) is 0 Å². The molecule has 0 unspecified atom stereocenters. The predicted octanol–water partition coefficient (Wildman–Crippen LogP) is 2.67. The second-order valence-electron chi connectivity index (χ2n) is 2.50. The minimum Gasteiger partial charge on any atom is -0.321 e. The van der Waals surface area contributed by atoms with Crippen LogP contribution in [-0.2, 0) is 0 Å². The van der Waals surface area contributed by atoms with Crippen molar-refractivity contribution in [1.29, 1.82) is 0 Å². The van der Waals surface area contributed by atoms with Crippen LogP contribution in [0.15, 0.2) is 22.7 Å². The summed E-state index contributed by atoms with van der Waals surface area (Å²) in [5.74, 6) is -1.78. The molecule has 0 amide bonds. The number of benzene rings is 1. The highest BCUT2D eigenvalue weighted by atomic mass is 35.5. The zero-order valence-electron chi connectivity index (χ0n) is 6.67. The molecule has 0 spiro atoms. The standard InChI is InChI=1S/C8H3ClF2N2O/c9-8-12-7(13-14-8)4-1-2-5(10)6(11)3-4/h1-3H. The third kappa shape index (κ3) is 1.58. The quantitative estimate of drug-likeness (QED) is 0.736. The van der Waals surface area contributed by atoms with E-state index < -0.39 is 11.6 Å². The van der Waals surface area contributed by atoms with Crippen molar-refractivity contribution >= 4 is 11.6 Å². The van der Waals surface area contributed by atoms with E-state index in [0.717, 1.165) is 12.1 Å². The summed E-state index contributed by atoms with van der Waals surface area (Å²) in [4.78, 5) is 3.65. The maximum atomic E-state index is 12.8. The van der Waals surface area contributed by atoms with Crippen molar-refractivity contribution in [1.82, 2.24) is 10.1 Å². The third-order valence-corrected chi connectivity index (χ3v) is 1.73. The minimum absolute atomic E-state index is 0.119. The zero-order valence-corrected chi connectivity index (χ0v) is 7.42. The summed E-state index contributed by atoms with van der Waals surface area (Å²) in [5, 5.41) is 3.30. The van der Waals surface area contributed by atoms with Crippen LogP contribution < -0.4 is 0 Å². The fraction of sp³-hybridized carbons (Fsp3) is 0. The maximum absolute atomic E-state index is 12.8. The molecule has 0 bridgehead atoms. The molecule has 0 atom stereocenters. The second-order valence-corrected chi connectivity index (χ2v) is 2.82. The fourth-order valence-corrected chi connectivity index (χ4v) is 1.07. The Morgan fingerprint density at radius 3 is 2.57 bits per heavy atom. The average molecular weight is 217 g/mol. The van der Waals surface area contributed by atoms with E-state index in [1.54, 1.807) is 0 Å². The van der Waals surface area contributed by atoms with Crippen molar-refractivity contribution in [3.05, 3.63) is 35.2 Å². The van der Waals surface area contributed by atoms with E-state index in [-0.39, 0.29) is 11.2 Å². The van der Waals surface area contributed by atoms with Crippen molar-refractivity contribution in [2.45, 2.75) is 0 Å². The lowest BCUT2D eigenvalue weighted by Gasteiger charge is -1.94. The molecule has 1 aromatic heterocycles. The van der Waals surface area contributed by atoms with Crippen LogP contribution in [0.25, 0.3) is 11.4 Å². The van der Waals surface area contributed by atoms with Crippen LogP contribution >= 0.6 is 11.6 Å². The van der Waals surface area contributed by atoms with Crippen LogP contribution in [-0.4, -0.2) is 10.1 Å². The average Bonchev–Trinajstić information content (AvgIpc) is 2.57. The lowest BCUT2D eigenvalue weighted by atomic mass is 10.2. The van der Waals surface area contributed by atoms with Gasteiger partial charge < -0.3 is 4.52 Å². The molecule has 0 N–H and O–H groups in total. The topological polar surface area (TPSA) is 38.9 Å². The normalized spacial score (nSPS) is 10.5. The van der Waals surface area contributed by atoms with E-state index in [4.69, 9.17) is 11.6 Å². The van der Waals surface area contributed by atoms with Crippen LogP contribution in [0, 0.1) is 11.6 Å². The first-order valence-corrected chi connectivity index (χ1v) is 3.99. The Bertz CT molecular complexity index is 472. The van der Waals surface area contributed by atoms with Crippen molar-refractivity contribution in [3.8, 4) is 11.4 Å². The van der Waals surface area contributed by atoms with E-state index in [1.807, 2.05) is 0 Å². The molecule has 2 aromatic rings. The monoisotopic (exact) mass is 216 g/mol. The smallest absolute Gasteiger partial charge is 0.320 e. The number of nitrogens with zero attached hydrogens (tertiary/aromatic N) is 2. The van der Waals surface area contributed by atoms with Gasteiger partial charge in [-0.15, -0.1) is 0 Å². The molecule has 1 aromatic carbocycles. The van der Waals surface area contributed by atoms with Crippen LogP contribution in [0.4, 0.5) is 8.78 Å². The van der Waals surface area contributed by atoms with Crippen LogP contribution in [0.2, 0.25) is 5.35 Å². The predicted molar refractivity (Wildman–Crippen MR) is 44.7 cm³/mol. The molecule has 3 nitrogen and oxygen atoms in total. The molecule has 6 heteroatoms. The second kappa shape index (κ2) is 3.34. The Balaban J connectivity index is 2.47. The molecule has 0 radical (unpaired) electrons. The Morgan fingerprint density at radius 1 is 1.21 bits per heavy atom. The molecular formula is C8H3ClF2N2O. The number of rotatable bonds is 1. The van der Waals surface area contributed by atoms with Gasteiger partial charge in [-0.3, -0.25) is 0 Å². The third-order valence-electron chi connectivity index (χ3n) is 1.58. The highest BCUT2D eigenvalue weighted by Crippen LogP contribution is 2.19. The summed E-state index contributed by atoms with van der Waals surface area (Å²) in [7, 11) is 0. The summed E-state index contributed by atoms with van der Waals surface area (Å²) in [6, 6.07) is 3.28. The van der Waals surface area contributed by atoms with Crippen LogP contribution in [0.1, 0.15) is 0 Å². The largest absolute Gasteiger partial charge is 0.321 e. The highest BCUT2D eigenvalue weighted by molar-refractivity contribution is 6.27. The molecule has 0 aliphatic rings. The SMILES string of the molecule is Fc1ccc(-c2noc(Cl)n2)cc1F. The minimum atomic E-state index is -0.969. The van der Waals surface area contributed by atoms with Gasteiger partial charge in [0.1, 0.15) is 0 Å². The molecule has 0 fully saturated rings. The van der Waals surface area contributed by atoms with E-state index in [9.17, 15) is 8.78 Å². The van der Waals surface area contributed by atoms with Gasteiger partial charge in [-0.25, -0.2) is 8.78 Å². The molecule has 1 heterocycles. The molecule has 0 aliphatic heterocycles. The number of aromatic nitrogens is 2. The van der Waals surface area contributed by atoms with E-state index in [0.29, 0.717) is 5.56 Å². The molecule has 0 saturated carbocycles. The first-order valence-electron chi connectivity index (χ1n) is 3.61. The maximum Gasteiger partial charge on any atom is 0.320 e.